The van der Waals surface area contributed by atoms with Crippen LogP contribution >= 0.6 is 0 Å². The third-order valence-electron chi connectivity index (χ3n) is 3.93. The van der Waals surface area contributed by atoms with Crippen molar-refractivity contribution >= 4 is 11.7 Å². The minimum atomic E-state index is -0.833. The first-order valence-corrected chi connectivity index (χ1v) is 8.95. The standard InChI is InChI=1S/C21H16N4.C2H4O2/c22-18-13-7-12-17(14-18)21-23-19(15-8-3-1-4-9-15)20(24-25-21)16-10-5-2-6-11-16;1-2(3)4/h1-14H,22H2;1H3,(H,3,4). The van der Waals surface area contributed by atoms with Gasteiger partial charge in [0.05, 0.1) is 0 Å². The second-order valence-corrected chi connectivity index (χ2v) is 6.21. The minimum Gasteiger partial charge on any atom is -0.481 e. The summed E-state index contributed by atoms with van der Waals surface area (Å²) in [6, 6.07) is 27.5. The van der Waals surface area contributed by atoms with Crippen molar-refractivity contribution < 1.29 is 9.90 Å². The van der Waals surface area contributed by atoms with Crippen LogP contribution in [0.1, 0.15) is 6.92 Å². The van der Waals surface area contributed by atoms with Crippen LogP contribution in [0.3, 0.4) is 0 Å². The van der Waals surface area contributed by atoms with Crippen LogP contribution in [0.5, 0.6) is 0 Å². The second kappa shape index (κ2) is 9.23. The smallest absolute Gasteiger partial charge is 0.300 e. The zero-order valence-electron chi connectivity index (χ0n) is 15.9. The largest absolute Gasteiger partial charge is 0.481 e. The van der Waals surface area contributed by atoms with Crippen LogP contribution in [-0.4, -0.2) is 26.3 Å². The van der Waals surface area contributed by atoms with E-state index in [0.717, 1.165) is 35.0 Å². The number of nitrogen functional groups attached to an aromatic ring is 1. The van der Waals surface area contributed by atoms with Gasteiger partial charge in [-0.3, -0.25) is 4.79 Å². The Hall–Kier alpha value is -4.06. The molecule has 0 spiro atoms. The molecule has 0 saturated heterocycles. The predicted molar refractivity (Wildman–Crippen MR) is 114 cm³/mol. The monoisotopic (exact) mass is 384 g/mol. The van der Waals surface area contributed by atoms with E-state index < -0.39 is 5.97 Å². The first-order valence-electron chi connectivity index (χ1n) is 8.95. The second-order valence-electron chi connectivity index (χ2n) is 6.21. The molecule has 0 atom stereocenters. The van der Waals surface area contributed by atoms with Crippen molar-refractivity contribution in [2.24, 2.45) is 0 Å². The van der Waals surface area contributed by atoms with Gasteiger partial charge in [0.2, 0.25) is 0 Å². The van der Waals surface area contributed by atoms with Crippen LogP contribution in [-0.2, 0) is 4.79 Å². The number of rotatable bonds is 3. The molecule has 0 bridgehead atoms. The van der Waals surface area contributed by atoms with Crippen LogP contribution < -0.4 is 5.73 Å². The average Bonchev–Trinajstić information content (AvgIpc) is 2.74. The van der Waals surface area contributed by atoms with E-state index in [1.54, 1.807) is 0 Å². The van der Waals surface area contributed by atoms with E-state index in [-0.39, 0.29) is 0 Å². The van der Waals surface area contributed by atoms with Crippen molar-refractivity contribution in [1.82, 2.24) is 15.2 Å². The Morgan fingerprint density at radius 2 is 1.28 bits per heavy atom. The van der Waals surface area contributed by atoms with Gasteiger partial charge in [-0.2, -0.15) is 0 Å². The summed E-state index contributed by atoms with van der Waals surface area (Å²) in [5, 5.41) is 16.2. The number of aliphatic carboxylic acids is 1. The first-order chi connectivity index (χ1) is 14.0. The lowest BCUT2D eigenvalue weighted by molar-refractivity contribution is -0.134. The van der Waals surface area contributed by atoms with Crippen molar-refractivity contribution in [2.75, 3.05) is 5.73 Å². The van der Waals surface area contributed by atoms with E-state index in [1.807, 2.05) is 84.9 Å². The molecule has 6 heteroatoms. The molecule has 0 radical (unpaired) electrons. The fourth-order valence-electron chi connectivity index (χ4n) is 2.71. The van der Waals surface area contributed by atoms with Gasteiger partial charge in [0.1, 0.15) is 11.4 Å². The fourth-order valence-corrected chi connectivity index (χ4v) is 2.71. The Kier molecular flexibility index (Phi) is 6.27. The maximum absolute atomic E-state index is 9.00. The summed E-state index contributed by atoms with van der Waals surface area (Å²) < 4.78 is 0. The average molecular weight is 384 g/mol. The van der Waals surface area contributed by atoms with Crippen LogP contribution in [0.25, 0.3) is 33.9 Å². The number of benzene rings is 3. The van der Waals surface area contributed by atoms with Crippen LogP contribution in [0.15, 0.2) is 84.9 Å². The molecule has 0 unspecified atom stereocenters. The highest BCUT2D eigenvalue weighted by atomic mass is 16.4. The maximum Gasteiger partial charge on any atom is 0.300 e. The summed E-state index contributed by atoms with van der Waals surface area (Å²) in [6.07, 6.45) is 0. The van der Waals surface area contributed by atoms with Gasteiger partial charge in [0.25, 0.3) is 5.97 Å². The van der Waals surface area contributed by atoms with Gasteiger partial charge in [-0.15, -0.1) is 10.2 Å². The summed E-state index contributed by atoms with van der Waals surface area (Å²) in [7, 11) is 0. The molecular formula is C23H20N4O2. The molecule has 0 amide bonds. The number of hydrogen-bond donors (Lipinski definition) is 2. The highest BCUT2D eigenvalue weighted by Gasteiger charge is 2.14. The van der Waals surface area contributed by atoms with E-state index in [9.17, 15) is 0 Å². The van der Waals surface area contributed by atoms with Crippen molar-refractivity contribution in [3.63, 3.8) is 0 Å². The van der Waals surface area contributed by atoms with Gasteiger partial charge in [-0.05, 0) is 12.1 Å². The lowest BCUT2D eigenvalue weighted by Gasteiger charge is -2.10. The van der Waals surface area contributed by atoms with Crippen molar-refractivity contribution in [2.45, 2.75) is 6.92 Å². The molecule has 3 N–H and O–H groups in total. The zero-order chi connectivity index (χ0) is 20.6. The molecule has 0 fully saturated rings. The summed E-state index contributed by atoms with van der Waals surface area (Å²) in [4.78, 5) is 13.8. The number of aromatic nitrogens is 3. The number of anilines is 1. The van der Waals surface area contributed by atoms with Gasteiger partial charge in [0.15, 0.2) is 5.82 Å². The van der Waals surface area contributed by atoms with Gasteiger partial charge >= 0.3 is 0 Å². The molecule has 1 aromatic heterocycles. The third kappa shape index (κ3) is 5.23. The molecule has 0 saturated carbocycles. The number of nitrogens with two attached hydrogens (primary N) is 1. The van der Waals surface area contributed by atoms with Crippen molar-refractivity contribution in [1.29, 1.82) is 0 Å². The van der Waals surface area contributed by atoms with Gasteiger partial charge in [0, 0.05) is 29.3 Å². The summed E-state index contributed by atoms with van der Waals surface area (Å²) >= 11 is 0. The highest BCUT2D eigenvalue weighted by molar-refractivity contribution is 5.78. The molecule has 0 aliphatic carbocycles. The Balaban J connectivity index is 0.000000552. The van der Waals surface area contributed by atoms with Crippen LogP contribution in [0.4, 0.5) is 5.69 Å². The predicted octanol–water partition coefficient (Wildman–Crippen LogP) is 4.55. The molecule has 3 aromatic carbocycles. The lowest BCUT2D eigenvalue weighted by Crippen LogP contribution is -2.00. The molecule has 144 valence electrons. The zero-order valence-corrected chi connectivity index (χ0v) is 15.9. The van der Waals surface area contributed by atoms with Gasteiger partial charge in [-0.25, -0.2) is 4.98 Å². The van der Waals surface area contributed by atoms with E-state index in [1.165, 1.54) is 0 Å². The molecule has 1 heterocycles. The van der Waals surface area contributed by atoms with Crippen molar-refractivity contribution in [3.8, 4) is 33.9 Å². The highest BCUT2D eigenvalue weighted by Crippen LogP contribution is 2.30. The Morgan fingerprint density at radius 3 is 1.83 bits per heavy atom. The van der Waals surface area contributed by atoms with E-state index in [4.69, 9.17) is 20.6 Å². The SMILES string of the molecule is CC(=O)O.Nc1cccc(-c2nnc(-c3ccccc3)c(-c3ccccc3)n2)c1. The van der Waals surface area contributed by atoms with Crippen molar-refractivity contribution in [3.05, 3.63) is 84.9 Å². The van der Waals surface area contributed by atoms with Gasteiger partial charge in [-0.1, -0.05) is 72.8 Å². The molecule has 0 aliphatic heterocycles. The van der Waals surface area contributed by atoms with Crippen LogP contribution in [0.2, 0.25) is 0 Å². The normalized spacial score (nSPS) is 9.97. The summed E-state index contributed by atoms with van der Waals surface area (Å²) in [6.45, 7) is 1.08. The minimum absolute atomic E-state index is 0.561. The van der Waals surface area contributed by atoms with E-state index in [2.05, 4.69) is 10.2 Å². The molecule has 0 aliphatic rings. The molecule has 4 rings (SSSR count). The van der Waals surface area contributed by atoms with Crippen LogP contribution in [0, 0.1) is 0 Å². The molecule has 4 aromatic rings. The topological polar surface area (TPSA) is 102 Å². The number of nitrogens with zero attached hydrogens (tertiary/aromatic N) is 3. The van der Waals surface area contributed by atoms with E-state index in [0.29, 0.717) is 11.5 Å². The maximum atomic E-state index is 9.00. The number of carboxylic acid groups (broad SMARTS) is 1. The lowest BCUT2D eigenvalue weighted by atomic mass is 10.0. The summed E-state index contributed by atoms with van der Waals surface area (Å²) in [5.74, 6) is -0.272. The van der Waals surface area contributed by atoms with Gasteiger partial charge < -0.3 is 10.8 Å². The Labute approximate surface area is 168 Å². The van der Waals surface area contributed by atoms with E-state index >= 15 is 0 Å². The Morgan fingerprint density at radius 1 is 0.759 bits per heavy atom. The first kappa shape index (κ1) is 19.7. The molecule has 6 nitrogen and oxygen atoms in total. The number of hydrogen-bond acceptors (Lipinski definition) is 5. The fraction of sp³-hybridized carbons (Fsp3) is 0.0435. The number of carbonyl (C=O) groups is 1. The molecular weight excluding hydrogens is 364 g/mol. The summed E-state index contributed by atoms with van der Waals surface area (Å²) in [5.41, 5.74) is 11.0. The number of carboxylic acids is 1. The molecule has 29 heavy (non-hydrogen) atoms. The third-order valence-corrected chi connectivity index (χ3v) is 3.93. The Bertz CT molecular complexity index is 1100. The quantitative estimate of drug-likeness (QED) is 0.503.